The van der Waals surface area contributed by atoms with Crippen LogP contribution in [0.2, 0.25) is 0 Å². The van der Waals surface area contributed by atoms with Gasteiger partial charge in [-0.3, -0.25) is 14.5 Å². The Labute approximate surface area is 198 Å². The van der Waals surface area contributed by atoms with E-state index in [0.717, 1.165) is 37.2 Å². The van der Waals surface area contributed by atoms with Gasteiger partial charge in [0, 0.05) is 24.3 Å². The molecular weight excluding hydrogens is 430 g/mol. The molecular formula is C27H27N3O4. The number of rotatable bonds is 6. The quantitative estimate of drug-likeness (QED) is 0.592. The third-order valence-electron chi connectivity index (χ3n) is 6.29. The lowest BCUT2D eigenvalue weighted by atomic mass is 10.0. The molecule has 0 bridgehead atoms. The predicted molar refractivity (Wildman–Crippen MR) is 130 cm³/mol. The van der Waals surface area contributed by atoms with Crippen LogP contribution in [-0.4, -0.2) is 43.5 Å². The van der Waals surface area contributed by atoms with Gasteiger partial charge in [0.1, 0.15) is 17.7 Å². The molecule has 2 heterocycles. The SMILES string of the molecule is COc1ccccc1N1C(=O)c2ccccc2N[C@H]1c1ccccc1OCC(=O)N1CCCC1. The summed E-state index contributed by atoms with van der Waals surface area (Å²) in [7, 11) is 1.59. The highest BCUT2D eigenvalue weighted by Gasteiger charge is 2.36. The number of ether oxygens (including phenoxy) is 2. The van der Waals surface area contributed by atoms with E-state index in [1.54, 1.807) is 18.1 Å². The van der Waals surface area contributed by atoms with Gasteiger partial charge in [-0.05, 0) is 43.2 Å². The predicted octanol–water partition coefficient (Wildman–Crippen LogP) is 4.47. The fourth-order valence-corrected chi connectivity index (χ4v) is 4.58. The molecule has 0 radical (unpaired) electrons. The molecule has 0 unspecified atom stereocenters. The van der Waals surface area contributed by atoms with Crippen LogP contribution in [0.5, 0.6) is 11.5 Å². The van der Waals surface area contributed by atoms with Gasteiger partial charge in [0.2, 0.25) is 0 Å². The van der Waals surface area contributed by atoms with Crippen molar-refractivity contribution in [3.63, 3.8) is 0 Å². The van der Waals surface area contributed by atoms with Crippen LogP contribution < -0.4 is 19.7 Å². The molecule has 1 saturated heterocycles. The molecule has 34 heavy (non-hydrogen) atoms. The Balaban J connectivity index is 1.53. The van der Waals surface area contributed by atoms with Crippen molar-refractivity contribution >= 4 is 23.2 Å². The molecule has 3 aromatic rings. The second-order valence-electron chi connectivity index (χ2n) is 8.35. The molecule has 0 aliphatic carbocycles. The minimum absolute atomic E-state index is 0.0214. The van der Waals surface area contributed by atoms with Gasteiger partial charge in [-0.25, -0.2) is 0 Å². The van der Waals surface area contributed by atoms with E-state index in [2.05, 4.69) is 5.32 Å². The highest BCUT2D eigenvalue weighted by atomic mass is 16.5. The summed E-state index contributed by atoms with van der Waals surface area (Å²) in [6.45, 7) is 1.52. The lowest BCUT2D eigenvalue weighted by Gasteiger charge is -2.39. The van der Waals surface area contributed by atoms with Crippen LogP contribution in [0.3, 0.4) is 0 Å². The maximum atomic E-state index is 13.7. The Morgan fingerprint density at radius 1 is 0.941 bits per heavy atom. The number of hydrogen-bond donors (Lipinski definition) is 1. The molecule has 0 saturated carbocycles. The largest absolute Gasteiger partial charge is 0.495 e. The molecule has 1 fully saturated rings. The minimum Gasteiger partial charge on any atom is -0.495 e. The molecule has 2 amide bonds. The summed E-state index contributed by atoms with van der Waals surface area (Å²) in [6, 6.07) is 22.4. The number of nitrogens with zero attached hydrogens (tertiary/aromatic N) is 2. The highest BCUT2D eigenvalue weighted by molar-refractivity contribution is 6.12. The van der Waals surface area contributed by atoms with Crippen LogP contribution >= 0.6 is 0 Å². The zero-order valence-corrected chi connectivity index (χ0v) is 19.1. The number of benzene rings is 3. The van der Waals surface area contributed by atoms with E-state index in [9.17, 15) is 9.59 Å². The third-order valence-corrected chi connectivity index (χ3v) is 6.29. The van der Waals surface area contributed by atoms with Gasteiger partial charge < -0.3 is 19.7 Å². The molecule has 2 aliphatic rings. The van der Waals surface area contributed by atoms with E-state index >= 15 is 0 Å². The molecule has 0 spiro atoms. The number of fused-ring (bicyclic) bond motifs is 1. The Hall–Kier alpha value is -4.00. The number of carbonyl (C=O) groups is 2. The van der Waals surface area contributed by atoms with Crippen molar-refractivity contribution in [2.75, 3.05) is 37.0 Å². The summed E-state index contributed by atoms with van der Waals surface area (Å²) in [5.74, 6) is 0.975. The molecule has 7 nitrogen and oxygen atoms in total. The molecule has 3 aromatic carbocycles. The summed E-state index contributed by atoms with van der Waals surface area (Å²) in [4.78, 5) is 29.9. The summed E-state index contributed by atoms with van der Waals surface area (Å²) in [5, 5.41) is 3.50. The van der Waals surface area contributed by atoms with Crippen molar-refractivity contribution < 1.29 is 19.1 Å². The van der Waals surface area contributed by atoms with Gasteiger partial charge in [-0.15, -0.1) is 0 Å². The summed E-state index contributed by atoms with van der Waals surface area (Å²) < 4.78 is 11.6. The zero-order chi connectivity index (χ0) is 23.5. The average Bonchev–Trinajstić information content (AvgIpc) is 3.43. The van der Waals surface area contributed by atoms with E-state index in [-0.39, 0.29) is 18.4 Å². The fraction of sp³-hybridized carbons (Fsp3) is 0.259. The standard InChI is InChI=1S/C27H27N3O4/c1-33-24-15-7-5-13-22(24)30-26(28-21-12-4-2-10-19(21)27(30)32)20-11-3-6-14-23(20)34-18-25(31)29-16-8-9-17-29/h2-7,10-15,26,28H,8-9,16-18H2,1H3/t26-/m1/s1. The van der Waals surface area contributed by atoms with E-state index in [1.807, 2.05) is 71.6 Å². The topological polar surface area (TPSA) is 71.1 Å². The first-order chi connectivity index (χ1) is 16.7. The van der Waals surface area contributed by atoms with Gasteiger partial charge >= 0.3 is 0 Å². The van der Waals surface area contributed by atoms with Crippen molar-refractivity contribution in [2.45, 2.75) is 19.0 Å². The first-order valence-electron chi connectivity index (χ1n) is 11.5. The average molecular weight is 458 g/mol. The Morgan fingerprint density at radius 3 is 2.41 bits per heavy atom. The first-order valence-corrected chi connectivity index (χ1v) is 11.5. The number of methoxy groups -OCH3 is 1. The highest BCUT2D eigenvalue weighted by Crippen LogP contribution is 2.42. The molecule has 7 heteroatoms. The van der Waals surface area contributed by atoms with E-state index < -0.39 is 6.17 Å². The van der Waals surface area contributed by atoms with E-state index in [4.69, 9.17) is 9.47 Å². The monoisotopic (exact) mass is 457 g/mol. The summed E-state index contributed by atoms with van der Waals surface area (Å²) in [5.41, 5.74) is 2.72. The zero-order valence-electron chi connectivity index (χ0n) is 19.1. The fourth-order valence-electron chi connectivity index (χ4n) is 4.58. The van der Waals surface area contributed by atoms with E-state index in [1.165, 1.54) is 0 Å². The summed E-state index contributed by atoms with van der Waals surface area (Å²) >= 11 is 0. The summed E-state index contributed by atoms with van der Waals surface area (Å²) in [6.07, 6.45) is 1.50. The van der Waals surface area contributed by atoms with Gasteiger partial charge in [0.15, 0.2) is 6.61 Å². The van der Waals surface area contributed by atoms with Crippen LogP contribution in [0.4, 0.5) is 11.4 Å². The molecule has 1 atom stereocenters. The Bertz CT molecular complexity index is 1210. The van der Waals surface area contributed by atoms with Crippen LogP contribution in [0.25, 0.3) is 0 Å². The van der Waals surface area contributed by atoms with Crippen molar-refractivity contribution in [1.82, 2.24) is 4.90 Å². The van der Waals surface area contributed by atoms with E-state index in [0.29, 0.717) is 22.7 Å². The van der Waals surface area contributed by atoms with Crippen LogP contribution in [0, 0.1) is 0 Å². The van der Waals surface area contributed by atoms with Crippen molar-refractivity contribution in [3.05, 3.63) is 83.9 Å². The van der Waals surface area contributed by atoms with Gasteiger partial charge in [-0.2, -0.15) is 0 Å². The molecule has 174 valence electrons. The second-order valence-corrected chi connectivity index (χ2v) is 8.35. The first kappa shape index (κ1) is 21.8. The third kappa shape index (κ3) is 4.05. The number of hydrogen-bond acceptors (Lipinski definition) is 5. The number of amides is 2. The van der Waals surface area contributed by atoms with Gasteiger partial charge in [0.25, 0.3) is 11.8 Å². The normalized spacial score (nSPS) is 17.2. The number of nitrogens with one attached hydrogen (secondary N) is 1. The Kier molecular flexibility index (Phi) is 6.08. The Morgan fingerprint density at radius 2 is 1.62 bits per heavy atom. The smallest absolute Gasteiger partial charge is 0.262 e. The lowest BCUT2D eigenvalue weighted by Crippen LogP contribution is -2.43. The van der Waals surface area contributed by atoms with Crippen LogP contribution in [-0.2, 0) is 4.79 Å². The molecule has 1 N–H and O–H groups in total. The maximum absolute atomic E-state index is 13.7. The van der Waals surface area contributed by atoms with Crippen molar-refractivity contribution in [1.29, 1.82) is 0 Å². The van der Waals surface area contributed by atoms with Crippen molar-refractivity contribution in [3.8, 4) is 11.5 Å². The number of likely N-dealkylation sites (tertiary alicyclic amines) is 1. The van der Waals surface area contributed by atoms with Crippen LogP contribution in [0.15, 0.2) is 72.8 Å². The second kappa shape index (κ2) is 9.47. The number of para-hydroxylation sites is 4. The van der Waals surface area contributed by atoms with Crippen molar-refractivity contribution in [2.24, 2.45) is 0 Å². The van der Waals surface area contributed by atoms with Gasteiger partial charge in [0.05, 0.1) is 18.4 Å². The number of anilines is 2. The molecule has 0 aromatic heterocycles. The van der Waals surface area contributed by atoms with Crippen LogP contribution in [0.1, 0.15) is 34.9 Å². The maximum Gasteiger partial charge on any atom is 0.262 e. The molecule has 5 rings (SSSR count). The lowest BCUT2D eigenvalue weighted by molar-refractivity contribution is -0.132. The minimum atomic E-state index is -0.559. The van der Waals surface area contributed by atoms with Gasteiger partial charge in [-0.1, -0.05) is 42.5 Å². The molecule has 2 aliphatic heterocycles. The number of carbonyl (C=O) groups excluding carboxylic acids is 2.